The summed E-state index contributed by atoms with van der Waals surface area (Å²) in [5.74, 6) is 1.61. The molecule has 0 fully saturated rings. The van der Waals surface area contributed by atoms with E-state index < -0.39 is 0 Å². The lowest BCUT2D eigenvalue weighted by Gasteiger charge is -2.05. The molecule has 0 radical (unpaired) electrons. The van der Waals surface area contributed by atoms with Crippen molar-refractivity contribution in [1.29, 1.82) is 5.26 Å². The van der Waals surface area contributed by atoms with Gasteiger partial charge in [0.25, 0.3) is 5.89 Å². The molecule has 0 aliphatic rings. The second-order valence-corrected chi connectivity index (χ2v) is 5.87. The Labute approximate surface area is 156 Å². The van der Waals surface area contributed by atoms with Gasteiger partial charge in [-0.05, 0) is 47.5 Å². The predicted molar refractivity (Wildman–Crippen MR) is 101 cm³/mol. The van der Waals surface area contributed by atoms with Crippen LogP contribution in [0.4, 0.5) is 0 Å². The number of hydrogen-bond donors (Lipinski definition) is 0. The lowest BCUT2D eigenvalue weighted by Crippen LogP contribution is -1.95. The van der Waals surface area contributed by atoms with Crippen LogP contribution in [0.15, 0.2) is 83.3 Å². The van der Waals surface area contributed by atoms with Gasteiger partial charge in [-0.1, -0.05) is 42.5 Å². The Morgan fingerprint density at radius 2 is 1.44 bits per heavy atom. The Balaban J connectivity index is 1.40. The summed E-state index contributed by atoms with van der Waals surface area (Å²) in [4.78, 5) is 0. The third-order valence-corrected chi connectivity index (χ3v) is 4.05. The normalized spacial score (nSPS) is 10.3. The lowest BCUT2D eigenvalue weighted by atomic mass is 10.0. The van der Waals surface area contributed by atoms with Crippen LogP contribution in [0.1, 0.15) is 11.5 Å². The first-order valence-electron chi connectivity index (χ1n) is 8.43. The third-order valence-electron chi connectivity index (χ3n) is 4.05. The number of nitrogens with zero attached hydrogens (tertiary/aromatic N) is 3. The Kier molecular flexibility index (Phi) is 4.62. The van der Waals surface area contributed by atoms with Crippen molar-refractivity contribution in [1.82, 2.24) is 10.2 Å². The van der Waals surface area contributed by atoms with Crippen LogP contribution in [-0.4, -0.2) is 10.2 Å². The molecule has 27 heavy (non-hydrogen) atoms. The molecule has 0 spiro atoms. The highest BCUT2D eigenvalue weighted by molar-refractivity contribution is 5.65. The minimum Gasteiger partial charge on any atom is -0.484 e. The molecule has 0 N–H and O–H groups in total. The van der Waals surface area contributed by atoms with E-state index in [1.54, 1.807) is 12.1 Å². The molecule has 0 atom stereocenters. The van der Waals surface area contributed by atoms with Crippen molar-refractivity contribution in [2.75, 3.05) is 0 Å². The molecular formula is C22H15N3O2. The summed E-state index contributed by atoms with van der Waals surface area (Å²) in [5, 5.41) is 16.9. The maximum Gasteiger partial charge on any atom is 0.254 e. The van der Waals surface area contributed by atoms with Gasteiger partial charge in [-0.3, -0.25) is 0 Å². The van der Waals surface area contributed by atoms with Gasteiger partial charge in [-0.25, -0.2) is 0 Å². The molecular weight excluding hydrogens is 338 g/mol. The summed E-state index contributed by atoms with van der Waals surface area (Å²) in [6.45, 7) is 0.204. The average Bonchev–Trinajstić information content (AvgIpc) is 3.22. The SMILES string of the molecule is N#Cc1ccc(-c2ccc(OCc3nnc(-c4ccccc4)o3)cc2)cc1. The van der Waals surface area contributed by atoms with Gasteiger partial charge < -0.3 is 9.15 Å². The highest BCUT2D eigenvalue weighted by Crippen LogP contribution is 2.23. The highest BCUT2D eigenvalue weighted by Gasteiger charge is 2.08. The number of hydrogen-bond acceptors (Lipinski definition) is 5. The van der Waals surface area contributed by atoms with Gasteiger partial charge in [-0.2, -0.15) is 5.26 Å². The Bertz CT molecular complexity index is 1060. The fourth-order valence-electron chi connectivity index (χ4n) is 2.64. The summed E-state index contributed by atoms with van der Waals surface area (Å²) >= 11 is 0. The molecule has 0 saturated carbocycles. The largest absolute Gasteiger partial charge is 0.484 e. The van der Waals surface area contributed by atoms with Crippen molar-refractivity contribution < 1.29 is 9.15 Å². The number of benzene rings is 3. The minimum atomic E-state index is 0.204. The number of aromatic nitrogens is 2. The molecule has 4 aromatic rings. The molecule has 1 heterocycles. The first kappa shape index (κ1) is 16.6. The van der Waals surface area contributed by atoms with Gasteiger partial charge in [-0.15, -0.1) is 10.2 Å². The van der Waals surface area contributed by atoms with Gasteiger partial charge >= 0.3 is 0 Å². The van der Waals surface area contributed by atoms with Gasteiger partial charge in [0.15, 0.2) is 6.61 Å². The van der Waals surface area contributed by atoms with Crippen LogP contribution in [0.2, 0.25) is 0 Å². The van der Waals surface area contributed by atoms with Crippen molar-refractivity contribution in [3.63, 3.8) is 0 Å². The maximum atomic E-state index is 8.87. The second-order valence-electron chi connectivity index (χ2n) is 5.87. The summed E-state index contributed by atoms with van der Waals surface area (Å²) in [5.41, 5.74) is 3.62. The van der Waals surface area contributed by atoms with Crippen LogP contribution in [0.25, 0.3) is 22.6 Å². The van der Waals surface area contributed by atoms with E-state index in [-0.39, 0.29) is 6.61 Å². The molecule has 5 nitrogen and oxygen atoms in total. The first-order chi connectivity index (χ1) is 13.3. The predicted octanol–water partition coefficient (Wildman–Crippen LogP) is 4.85. The molecule has 0 aliphatic carbocycles. The standard InChI is InChI=1S/C22H15N3O2/c23-14-16-6-8-17(9-7-16)18-10-12-20(13-11-18)26-15-21-24-25-22(27-21)19-4-2-1-3-5-19/h1-13H,15H2. The second kappa shape index (κ2) is 7.54. The van der Waals surface area contributed by atoms with Crippen molar-refractivity contribution >= 4 is 0 Å². The van der Waals surface area contributed by atoms with E-state index in [0.717, 1.165) is 16.7 Å². The van der Waals surface area contributed by atoms with E-state index in [0.29, 0.717) is 23.1 Å². The molecule has 1 aromatic heterocycles. The molecule has 3 aromatic carbocycles. The van der Waals surface area contributed by atoms with Crippen molar-refractivity contribution in [3.05, 3.63) is 90.3 Å². The smallest absolute Gasteiger partial charge is 0.254 e. The van der Waals surface area contributed by atoms with E-state index in [1.165, 1.54) is 0 Å². The van der Waals surface area contributed by atoms with Crippen LogP contribution in [-0.2, 0) is 6.61 Å². The molecule has 0 aliphatic heterocycles. The average molecular weight is 353 g/mol. The monoisotopic (exact) mass is 353 g/mol. The summed E-state index contributed by atoms with van der Waals surface area (Å²) in [6.07, 6.45) is 0. The number of rotatable bonds is 5. The van der Waals surface area contributed by atoms with Gasteiger partial charge in [0, 0.05) is 5.56 Å². The minimum absolute atomic E-state index is 0.204. The van der Waals surface area contributed by atoms with E-state index in [2.05, 4.69) is 16.3 Å². The van der Waals surface area contributed by atoms with Crippen LogP contribution < -0.4 is 4.74 Å². The quantitative estimate of drug-likeness (QED) is 0.512. The van der Waals surface area contributed by atoms with Crippen molar-refractivity contribution in [2.45, 2.75) is 6.61 Å². The Hall–Kier alpha value is -3.91. The van der Waals surface area contributed by atoms with Crippen LogP contribution in [0, 0.1) is 11.3 Å². The van der Waals surface area contributed by atoms with Crippen LogP contribution >= 0.6 is 0 Å². The zero-order valence-electron chi connectivity index (χ0n) is 14.4. The third kappa shape index (κ3) is 3.86. The Morgan fingerprint density at radius 1 is 0.778 bits per heavy atom. The van der Waals surface area contributed by atoms with Gasteiger partial charge in [0.2, 0.25) is 5.89 Å². The fourth-order valence-corrected chi connectivity index (χ4v) is 2.64. The topological polar surface area (TPSA) is 71.9 Å². The zero-order chi connectivity index (χ0) is 18.5. The molecule has 130 valence electrons. The molecule has 0 saturated heterocycles. The van der Waals surface area contributed by atoms with E-state index in [9.17, 15) is 0 Å². The first-order valence-corrected chi connectivity index (χ1v) is 8.43. The molecule has 0 unspecified atom stereocenters. The number of ether oxygens (including phenoxy) is 1. The summed E-state index contributed by atoms with van der Waals surface area (Å²) < 4.78 is 11.4. The van der Waals surface area contributed by atoms with Gasteiger partial charge in [0.1, 0.15) is 5.75 Å². The van der Waals surface area contributed by atoms with Gasteiger partial charge in [0.05, 0.1) is 11.6 Å². The number of nitriles is 1. The van der Waals surface area contributed by atoms with E-state index >= 15 is 0 Å². The van der Waals surface area contributed by atoms with E-state index in [4.69, 9.17) is 14.4 Å². The van der Waals surface area contributed by atoms with Crippen molar-refractivity contribution in [2.24, 2.45) is 0 Å². The summed E-state index contributed by atoms with van der Waals surface area (Å²) in [7, 11) is 0. The zero-order valence-corrected chi connectivity index (χ0v) is 14.4. The maximum absolute atomic E-state index is 8.87. The highest BCUT2D eigenvalue weighted by atomic mass is 16.5. The Morgan fingerprint density at radius 3 is 2.11 bits per heavy atom. The fraction of sp³-hybridized carbons (Fsp3) is 0.0455. The molecule has 0 amide bonds. The van der Waals surface area contributed by atoms with Crippen LogP contribution in [0.3, 0.4) is 0 Å². The van der Waals surface area contributed by atoms with Crippen molar-refractivity contribution in [3.8, 4) is 34.4 Å². The molecule has 4 rings (SSSR count). The summed E-state index contributed by atoms with van der Waals surface area (Å²) in [6, 6.07) is 26.9. The van der Waals surface area contributed by atoms with E-state index in [1.807, 2.05) is 66.7 Å². The molecule has 0 bridgehead atoms. The lowest BCUT2D eigenvalue weighted by molar-refractivity contribution is 0.264. The molecule has 5 heteroatoms. The van der Waals surface area contributed by atoms with Crippen LogP contribution in [0.5, 0.6) is 5.75 Å².